The third-order valence-electron chi connectivity index (χ3n) is 4.05. The van der Waals surface area contributed by atoms with E-state index in [2.05, 4.69) is 0 Å². The Bertz CT molecular complexity index is 791. The summed E-state index contributed by atoms with van der Waals surface area (Å²) in [5.74, 6) is 0.158. The molecular formula is C21H25NO5. The van der Waals surface area contributed by atoms with Gasteiger partial charge >= 0.3 is 5.97 Å². The van der Waals surface area contributed by atoms with E-state index in [4.69, 9.17) is 14.6 Å². The van der Waals surface area contributed by atoms with E-state index in [-0.39, 0.29) is 5.91 Å². The summed E-state index contributed by atoms with van der Waals surface area (Å²) in [6.07, 6.45) is 0. The first-order valence-corrected chi connectivity index (χ1v) is 8.74. The summed E-state index contributed by atoms with van der Waals surface area (Å²) in [7, 11) is 1.75. The fourth-order valence-electron chi connectivity index (χ4n) is 2.86. The zero-order valence-electron chi connectivity index (χ0n) is 16.1. The van der Waals surface area contributed by atoms with E-state index in [1.54, 1.807) is 37.9 Å². The number of nitrogens with zero attached hydrogens (tertiary/aromatic N) is 1. The Morgan fingerprint density at radius 3 is 2.15 bits per heavy atom. The van der Waals surface area contributed by atoms with Crippen LogP contribution in [0.15, 0.2) is 36.4 Å². The summed E-state index contributed by atoms with van der Waals surface area (Å²) in [5, 5.41) is 8.77. The molecule has 2 aromatic carbocycles. The van der Waals surface area contributed by atoms with Gasteiger partial charge in [0.05, 0.1) is 6.61 Å². The smallest absolute Gasteiger partial charge is 0.341 e. The molecule has 0 saturated carbocycles. The number of aliphatic carboxylic acids is 1. The molecule has 6 heteroatoms. The van der Waals surface area contributed by atoms with Gasteiger partial charge in [-0.1, -0.05) is 12.1 Å². The summed E-state index contributed by atoms with van der Waals surface area (Å²) < 4.78 is 10.7. The molecule has 0 radical (unpaired) electrons. The number of benzene rings is 2. The molecule has 0 saturated heterocycles. The average molecular weight is 371 g/mol. The van der Waals surface area contributed by atoms with Crippen molar-refractivity contribution in [2.24, 2.45) is 0 Å². The normalized spacial score (nSPS) is 10.4. The predicted octanol–water partition coefficient (Wildman–Crippen LogP) is 3.44. The Labute approximate surface area is 159 Å². The van der Waals surface area contributed by atoms with Gasteiger partial charge in [-0.25, -0.2) is 4.79 Å². The summed E-state index contributed by atoms with van der Waals surface area (Å²) in [5.41, 5.74) is 3.01. The van der Waals surface area contributed by atoms with Crippen LogP contribution in [0.1, 0.15) is 34.0 Å². The van der Waals surface area contributed by atoms with E-state index < -0.39 is 12.6 Å². The van der Waals surface area contributed by atoms with Crippen LogP contribution in [0.25, 0.3) is 0 Å². The van der Waals surface area contributed by atoms with Gasteiger partial charge in [-0.05, 0) is 61.7 Å². The van der Waals surface area contributed by atoms with Crippen molar-refractivity contribution in [2.45, 2.75) is 27.3 Å². The second kappa shape index (κ2) is 9.07. The first-order chi connectivity index (χ1) is 12.8. The molecular weight excluding hydrogens is 346 g/mol. The molecule has 0 aliphatic carbocycles. The highest BCUT2D eigenvalue weighted by Gasteiger charge is 2.16. The lowest BCUT2D eigenvalue weighted by Gasteiger charge is -2.19. The van der Waals surface area contributed by atoms with Gasteiger partial charge in [0.1, 0.15) is 11.5 Å². The molecule has 0 heterocycles. The highest BCUT2D eigenvalue weighted by Crippen LogP contribution is 2.25. The van der Waals surface area contributed by atoms with E-state index in [0.29, 0.717) is 24.5 Å². The monoisotopic (exact) mass is 371 g/mol. The van der Waals surface area contributed by atoms with Gasteiger partial charge in [0, 0.05) is 19.2 Å². The number of carboxylic acid groups (broad SMARTS) is 1. The average Bonchev–Trinajstić information content (AvgIpc) is 2.61. The predicted molar refractivity (Wildman–Crippen MR) is 102 cm³/mol. The molecule has 144 valence electrons. The van der Waals surface area contributed by atoms with Crippen molar-refractivity contribution in [1.29, 1.82) is 0 Å². The number of hydrogen-bond donors (Lipinski definition) is 1. The third kappa shape index (κ3) is 5.48. The van der Waals surface area contributed by atoms with E-state index in [9.17, 15) is 9.59 Å². The number of aryl methyl sites for hydroxylation is 2. The largest absolute Gasteiger partial charge is 0.494 e. The quantitative estimate of drug-likeness (QED) is 0.769. The van der Waals surface area contributed by atoms with E-state index in [1.165, 1.54) is 0 Å². The molecule has 0 atom stereocenters. The lowest BCUT2D eigenvalue weighted by Crippen LogP contribution is -2.26. The van der Waals surface area contributed by atoms with Gasteiger partial charge in [-0.15, -0.1) is 0 Å². The Balaban J connectivity index is 2.10. The Morgan fingerprint density at radius 2 is 1.63 bits per heavy atom. The van der Waals surface area contributed by atoms with Crippen molar-refractivity contribution < 1.29 is 24.2 Å². The lowest BCUT2D eigenvalue weighted by molar-refractivity contribution is -0.139. The highest BCUT2D eigenvalue weighted by molar-refractivity contribution is 5.94. The minimum atomic E-state index is -1.04. The van der Waals surface area contributed by atoms with Crippen molar-refractivity contribution in [1.82, 2.24) is 4.90 Å². The van der Waals surface area contributed by atoms with Crippen LogP contribution in [0.2, 0.25) is 0 Å². The Morgan fingerprint density at radius 1 is 1.04 bits per heavy atom. The molecule has 0 aromatic heterocycles. The third-order valence-corrected chi connectivity index (χ3v) is 4.05. The van der Waals surface area contributed by atoms with Crippen LogP contribution in [0.5, 0.6) is 11.5 Å². The molecule has 0 fully saturated rings. The van der Waals surface area contributed by atoms with Crippen molar-refractivity contribution in [3.05, 3.63) is 58.7 Å². The highest BCUT2D eigenvalue weighted by atomic mass is 16.5. The van der Waals surface area contributed by atoms with Crippen molar-refractivity contribution in [2.75, 3.05) is 20.3 Å². The summed E-state index contributed by atoms with van der Waals surface area (Å²) in [6.45, 7) is 6.21. The second-order valence-electron chi connectivity index (χ2n) is 6.36. The molecule has 0 unspecified atom stereocenters. The summed E-state index contributed by atoms with van der Waals surface area (Å²) >= 11 is 0. The molecule has 1 N–H and O–H groups in total. The zero-order chi connectivity index (χ0) is 20.0. The van der Waals surface area contributed by atoms with E-state index in [1.807, 2.05) is 31.2 Å². The van der Waals surface area contributed by atoms with Crippen molar-refractivity contribution in [3.63, 3.8) is 0 Å². The molecule has 2 rings (SSSR count). The number of ether oxygens (including phenoxy) is 2. The fourth-order valence-corrected chi connectivity index (χ4v) is 2.86. The molecule has 1 amide bonds. The molecule has 0 aliphatic rings. The minimum Gasteiger partial charge on any atom is -0.494 e. The summed E-state index contributed by atoms with van der Waals surface area (Å²) in [6, 6.07) is 11.1. The minimum absolute atomic E-state index is 0.111. The van der Waals surface area contributed by atoms with Crippen LogP contribution in [-0.4, -0.2) is 42.1 Å². The Kier molecular flexibility index (Phi) is 6.82. The van der Waals surface area contributed by atoms with Crippen LogP contribution in [0.4, 0.5) is 0 Å². The van der Waals surface area contributed by atoms with E-state index >= 15 is 0 Å². The number of amides is 1. The van der Waals surface area contributed by atoms with Crippen molar-refractivity contribution in [3.8, 4) is 11.5 Å². The van der Waals surface area contributed by atoms with Gasteiger partial charge in [-0.2, -0.15) is 0 Å². The van der Waals surface area contributed by atoms with Crippen LogP contribution >= 0.6 is 0 Å². The SMILES string of the molecule is CCOc1ccc(CN(C)C(=O)c2cc(C)c(OCC(=O)O)c(C)c2)cc1. The number of carbonyl (C=O) groups excluding carboxylic acids is 1. The first kappa shape index (κ1) is 20.3. The second-order valence-corrected chi connectivity index (χ2v) is 6.36. The van der Waals surface area contributed by atoms with Gasteiger partial charge in [0.25, 0.3) is 5.91 Å². The fraction of sp³-hybridized carbons (Fsp3) is 0.333. The maximum absolute atomic E-state index is 12.8. The molecule has 0 bridgehead atoms. The van der Waals surface area contributed by atoms with Crippen LogP contribution in [0, 0.1) is 13.8 Å². The molecule has 27 heavy (non-hydrogen) atoms. The van der Waals surface area contributed by atoms with Crippen molar-refractivity contribution >= 4 is 11.9 Å². The Hall–Kier alpha value is -3.02. The zero-order valence-corrected chi connectivity index (χ0v) is 16.1. The molecule has 6 nitrogen and oxygen atoms in total. The number of carboxylic acids is 1. The molecule has 2 aromatic rings. The van der Waals surface area contributed by atoms with Crippen LogP contribution in [0.3, 0.4) is 0 Å². The summed E-state index contributed by atoms with van der Waals surface area (Å²) in [4.78, 5) is 25.1. The number of rotatable bonds is 8. The van der Waals surface area contributed by atoms with Gasteiger partial charge < -0.3 is 19.5 Å². The maximum atomic E-state index is 12.8. The molecule has 0 aliphatic heterocycles. The van der Waals surface area contributed by atoms with Gasteiger partial charge in [0.2, 0.25) is 0 Å². The van der Waals surface area contributed by atoms with Crippen LogP contribution < -0.4 is 9.47 Å². The maximum Gasteiger partial charge on any atom is 0.341 e. The number of hydrogen-bond acceptors (Lipinski definition) is 4. The lowest BCUT2D eigenvalue weighted by atomic mass is 10.0. The van der Waals surface area contributed by atoms with E-state index in [0.717, 1.165) is 22.4 Å². The standard InChI is InChI=1S/C21H25NO5/c1-5-26-18-8-6-16(7-9-18)12-22(4)21(25)17-10-14(2)20(15(3)11-17)27-13-19(23)24/h6-11H,5,12-13H2,1-4H3,(H,23,24). The number of carbonyl (C=O) groups is 2. The molecule has 0 spiro atoms. The van der Waals surface area contributed by atoms with Gasteiger partial charge in [-0.3, -0.25) is 4.79 Å². The first-order valence-electron chi connectivity index (χ1n) is 8.74. The topological polar surface area (TPSA) is 76.1 Å². The van der Waals surface area contributed by atoms with Gasteiger partial charge in [0.15, 0.2) is 6.61 Å². The van der Waals surface area contributed by atoms with Crippen LogP contribution in [-0.2, 0) is 11.3 Å².